The fourth-order valence-corrected chi connectivity index (χ4v) is 4.44. The van der Waals surface area contributed by atoms with Gasteiger partial charge in [0.05, 0.1) is 6.04 Å². The molecule has 0 heterocycles. The number of hydrogen-bond donors (Lipinski definition) is 1. The topological polar surface area (TPSA) is 55.4 Å². The van der Waals surface area contributed by atoms with Gasteiger partial charge in [-0.2, -0.15) is 0 Å². The summed E-state index contributed by atoms with van der Waals surface area (Å²) in [7, 11) is 0. The summed E-state index contributed by atoms with van der Waals surface area (Å²) in [5.41, 5.74) is 0.877. The van der Waals surface area contributed by atoms with Crippen LogP contribution in [0.4, 0.5) is 4.79 Å². The van der Waals surface area contributed by atoms with Crippen LogP contribution in [0.25, 0.3) is 0 Å². The summed E-state index contributed by atoms with van der Waals surface area (Å²) in [6, 6.07) is 9.00. The molecular formula is C23H29NO3. The predicted molar refractivity (Wildman–Crippen MR) is 106 cm³/mol. The standard InChI is InChI=1S/C23H29NO3/c25-17-21(24-22(26)27-18-19-10-4-1-5-11-19)16-23(14-8-3-9-15-23)20-12-6-2-7-13-20/h1,3-5,8-11,14,17,20-21H,2,6-7,12-13,15-16,18H2,(H,24,26)/t21-,23?/m0/s1. The molecule has 0 saturated heterocycles. The number of carbonyl (C=O) groups excluding carboxylic acids is 2. The van der Waals surface area contributed by atoms with Gasteiger partial charge in [0, 0.05) is 0 Å². The first-order valence-electron chi connectivity index (χ1n) is 9.99. The van der Waals surface area contributed by atoms with Crippen molar-refractivity contribution >= 4 is 12.4 Å². The Morgan fingerprint density at radius 2 is 1.96 bits per heavy atom. The normalized spacial score (nSPS) is 23.6. The van der Waals surface area contributed by atoms with Crippen molar-refractivity contribution in [3.8, 4) is 0 Å². The lowest BCUT2D eigenvalue weighted by molar-refractivity contribution is -0.110. The van der Waals surface area contributed by atoms with Crippen molar-refractivity contribution in [2.75, 3.05) is 0 Å². The SMILES string of the molecule is O=C[C@H](CC1(C2CCCCC2)C=CC=CC1)NC(=O)OCc1ccccc1. The van der Waals surface area contributed by atoms with E-state index in [1.54, 1.807) is 0 Å². The smallest absolute Gasteiger partial charge is 0.408 e. The van der Waals surface area contributed by atoms with Gasteiger partial charge in [0.2, 0.25) is 0 Å². The molecular weight excluding hydrogens is 338 g/mol. The van der Waals surface area contributed by atoms with Crippen LogP contribution in [0.15, 0.2) is 54.6 Å². The van der Waals surface area contributed by atoms with Crippen LogP contribution in [-0.2, 0) is 16.1 Å². The van der Waals surface area contributed by atoms with E-state index in [9.17, 15) is 9.59 Å². The third-order valence-corrected chi connectivity index (χ3v) is 5.87. The molecule has 4 heteroatoms. The Morgan fingerprint density at radius 3 is 2.63 bits per heavy atom. The summed E-state index contributed by atoms with van der Waals surface area (Å²) >= 11 is 0. The van der Waals surface area contributed by atoms with Crippen LogP contribution in [0, 0.1) is 11.3 Å². The van der Waals surface area contributed by atoms with Gasteiger partial charge >= 0.3 is 6.09 Å². The summed E-state index contributed by atoms with van der Waals surface area (Å²) in [4.78, 5) is 23.9. The molecule has 1 saturated carbocycles. The maximum absolute atomic E-state index is 12.2. The van der Waals surface area contributed by atoms with Crippen molar-refractivity contribution in [1.82, 2.24) is 5.32 Å². The van der Waals surface area contributed by atoms with Crippen LogP contribution in [-0.4, -0.2) is 18.4 Å². The van der Waals surface area contributed by atoms with E-state index in [1.165, 1.54) is 32.1 Å². The molecule has 0 radical (unpaired) electrons. The number of alkyl carbamates (subject to hydrolysis) is 1. The minimum atomic E-state index is -0.537. The third-order valence-electron chi connectivity index (χ3n) is 5.87. The van der Waals surface area contributed by atoms with E-state index in [1.807, 2.05) is 30.3 Å². The quantitative estimate of drug-likeness (QED) is 0.694. The van der Waals surface area contributed by atoms with Crippen molar-refractivity contribution in [3.63, 3.8) is 0 Å². The molecule has 1 aromatic rings. The van der Waals surface area contributed by atoms with Gasteiger partial charge in [-0.25, -0.2) is 4.79 Å². The summed E-state index contributed by atoms with van der Waals surface area (Å²) in [5, 5.41) is 2.76. The van der Waals surface area contributed by atoms with E-state index in [0.717, 1.165) is 18.3 Å². The number of hydrogen-bond acceptors (Lipinski definition) is 3. The molecule has 1 amide bonds. The molecule has 2 atom stereocenters. The molecule has 0 spiro atoms. The van der Waals surface area contributed by atoms with E-state index in [4.69, 9.17) is 4.74 Å². The van der Waals surface area contributed by atoms with Crippen molar-refractivity contribution < 1.29 is 14.3 Å². The second-order valence-electron chi connectivity index (χ2n) is 7.71. The molecule has 2 aliphatic rings. The Labute approximate surface area is 161 Å². The van der Waals surface area contributed by atoms with Crippen LogP contribution in [0.2, 0.25) is 0 Å². The molecule has 0 bridgehead atoms. The highest BCUT2D eigenvalue weighted by molar-refractivity contribution is 5.73. The number of nitrogens with one attached hydrogen (secondary N) is 1. The molecule has 27 heavy (non-hydrogen) atoms. The van der Waals surface area contributed by atoms with Gasteiger partial charge in [0.25, 0.3) is 0 Å². The fraction of sp³-hybridized carbons (Fsp3) is 0.478. The van der Waals surface area contributed by atoms with E-state index in [2.05, 4.69) is 29.6 Å². The van der Waals surface area contributed by atoms with Gasteiger partial charge in [-0.05, 0) is 42.6 Å². The van der Waals surface area contributed by atoms with Crippen molar-refractivity contribution in [2.24, 2.45) is 11.3 Å². The second-order valence-corrected chi connectivity index (χ2v) is 7.71. The molecule has 144 valence electrons. The van der Waals surface area contributed by atoms with E-state index >= 15 is 0 Å². The molecule has 0 aromatic heterocycles. The van der Waals surface area contributed by atoms with Crippen LogP contribution >= 0.6 is 0 Å². The van der Waals surface area contributed by atoms with Crippen molar-refractivity contribution in [1.29, 1.82) is 0 Å². The Balaban J connectivity index is 1.59. The summed E-state index contributed by atoms with van der Waals surface area (Å²) in [5.74, 6) is 0.567. The highest BCUT2D eigenvalue weighted by atomic mass is 16.5. The lowest BCUT2D eigenvalue weighted by Crippen LogP contribution is -2.43. The lowest BCUT2D eigenvalue weighted by Gasteiger charge is -2.42. The number of ether oxygens (including phenoxy) is 1. The molecule has 1 unspecified atom stereocenters. The number of amides is 1. The highest BCUT2D eigenvalue weighted by Gasteiger charge is 2.39. The first-order valence-corrected chi connectivity index (χ1v) is 9.99. The van der Waals surface area contributed by atoms with Crippen LogP contribution in [0.1, 0.15) is 50.5 Å². The van der Waals surface area contributed by atoms with Gasteiger partial charge in [0.1, 0.15) is 12.9 Å². The molecule has 0 aliphatic heterocycles. The van der Waals surface area contributed by atoms with Crippen LogP contribution < -0.4 is 5.32 Å². The van der Waals surface area contributed by atoms with Crippen LogP contribution in [0.3, 0.4) is 0 Å². The maximum Gasteiger partial charge on any atom is 0.408 e. The molecule has 2 aliphatic carbocycles. The van der Waals surface area contributed by atoms with Gasteiger partial charge in [-0.1, -0.05) is 73.9 Å². The number of benzene rings is 1. The largest absolute Gasteiger partial charge is 0.445 e. The average Bonchev–Trinajstić information content (AvgIpc) is 2.74. The summed E-state index contributed by atoms with van der Waals surface area (Å²) < 4.78 is 5.29. The Hall–Kier alpha value is -2.36. The molecule has 4 nitrogen and oxygen atoms in total. The Bertz CT molecular complexity index is 676. The van der Waals surface area contributed by atoms with Gasteiger partial charge in [0.15, 0.2) is 0 Å². The van der Waals surface area contributed by atoms with Gasteiger partial charge in [-0.15, -0.1) is 0 Å². The molecule has 3 rings (SSSR count). The fourth-order valence-electron chi connectivity index (χ4n) is 4.44. The second kappa shape index (κ2) is 9.54. The van der Waals surface area contributed by atoms with Crippen LogP contribution in [0.5, 0.6) is 0 Å². The zero-order chi connectivity index (χ0) is 19.0. The van der Waals surface area contributed by atoms with Crippen molar-refractivity contribution in [3.05, 3.63) is 60.2 Å². The average molecular weight is 367 g/mol. The highest BCUT2D eigenvalue weighted by Crippen LogP contribution is 2.47. The first-order chi connectivity index (χ1) is 13.2. The monoisotopic (exact) mass is 367 g/mol. The summed E-state index contributed by atoms with van der Waals surface area (Å²) in [6.45, 7) is 0.203. The number of allylic oxidation sites excluding steroid dienone is 4. The van der Waals surface area contributed by atoms with E-state index < -0.39 is 12.1 Å². The van der Waals surface area contributed by atoms with Gasteiger partial charge < -0.3 is 14.8 Å². The minimum Gasteiger partial charge on any atom is -0.445 e. The summed E-state index contributed by atoms with van der Waals surface area (Å²) in [6.07, 6.45) is 16.7. The Morgan fingerprint density at radius 1 is 1.19 bits per heavy atom. The van der Waals surface area contributed by atoms with E-state index in [0.29, 0.717) is 12.3 Å². The minimum absolute atomic E-state index is 0.0482. The number of carbonyl (C=O) groups is 2. The lowest BCUT2D eigenvalue weighted by atomic mass is 9.63. The number of rotatable bonds is 7. The molecule has 1 fully saturated rings. The zero-order valence-corrected chi connectivity index (χ0v) is 15.8. The zero-order valence-electron chi connectivity index (χ0n) is 15.8. The number of aldehydes is 1. The third kappa shape index (κ3) is 5.31. The predicted octanol–water partition coefficient (Wildman–Crippen LogP) is 4.95. The van der Waals surface area contributed by atoms with E-state index in [-0.39, 0.29) is 12.0 Å². The van der Waals surface area contributed by atoms with Crippen molar-refractivity contribution in [2.45, 2.75) is 57.6 Å². The first kappa shape index (κ1) is 19.4. The maximum atomic E-state index is 12.2. The Kier molecular flexibility index (Phi) is 6.86. The molecule has 1 N–H and O–H groups in total. The molecule has 1 aromatic carbocycles. The van der Waals surface area contributed by atoms with Gasteiger partial charge in [-0.3, -0.25) is 0 Å².